The van der Waals surface area contributed by atoms with Crippen molar-refractivity contribution < 1.29 is 13.2 Å². The number of nitrogens with zero attached hydrogens (tertiary/aromatic N) is 3. The Morgan fingerprint density at radius 2 is 1.64 bits per heavy atom. The average Bonchev–Trinajstić information content (AvgIpc) is 2.47. The number of hydrogen-bond acceptors (Lipinski definition) is 4. The first kappa shape index (κ1) is 16.9. The number of amides is 1. The van der Waals surface area contributed by atoms with Crippen molar-refractivity contribution in [3.63, 3.8) is 0 Å². The van der Waals surface area contributed by atoms with Crippen molar-refractivity contribution in [1.82, 2.24) is 14.1 Å². The molecule has 1 aromatic carbocycles. The molecule has 0 N–H and O–H groups in total. The van der Waals surface area contributed by atoms with Gasteiger partial charge in [0, 0.05) is 52.4 Å². The molecule has 0 atom stereocenters. The van der Waals surface area contributed by atoms with Gasteiger partial charge in [0.15, 0.2) is 0 Å². The molecule has 1 aliphatic heterocycles. The lowest BCUT2D eigenvalue weighted by molar-refractivity contribution is 0.0827. The van der Waals surface area contributed by atoms with Crippen LogP contribution in [0.4, 0.5) is 0 Å². The Balaban J connectivity index is 1.91. The lowest BCUT2D eigenvalue weighted by Gasteiger charge is -2.33. The number of sulfonamides is 1. The molecule has 0 saturated carbocycles. The highest BCUT2D eigenvalue weighted by Crippen LogP contribution is 2.12. The van der Waals surface area contributed by atoms with Crippen molar-refractivity contribution in [3.8, 4) is 0 Å². The Morgan fingerprint density at radius 3 is 2.09 bits per heavy atom. The van der Waals surface area contributed by atoms with Crippen molar-refractivity contribution in [2.45, 2.75) is 6.54 Å². The van der Waals surface area contributed by atoms with Crippen LogP contribution in [0.5, 0.6) is 0 Å². The SMILES string of the molecule is CN(C)C(=O)c1ccc(CN2CCN(S(C)(=O)=O)CC2)cc1. The Labute approximate surface area is 132 Å². The molecule has 1 amide bonds. The fourth-order valence-corrected chi connectivity index (χ4v) is 3.31. The summed E-state index contributed by atoms with van der Waals surface area (Å²) in [4.78, 5) is 15.6. The Kier molecular flexibility index (Phi) is 5.20. The average molecular weight is 325 g/mol. The molecule has 0 bridgehead atoms. The van der Waals surface area contributed by atoms with Crippen LogP contribution in [0.25, 0.3) is 0 Å². The maximum atomic E-state index is 11.8. The molecule has 0 unspecified atom stereocenters. The Morgan fingerprint density at radius 1 is 1.09 bits per heavy atom. The fraction of sp³-hybridized carbons (Fsp3) is 0.533. The summed E-state index contributed by atoms with van der Waals surface area (Å²) in [6.45, 7) is 3.30. The first-order valence-electron chi connectivity index (χ1n) is 7.25. The maximum absolute atomic E-state index is 11.8. The van der Waals surface area contributed by atoms with E-state index in [1.54, 1.807) is 19.0 Å². The summed E-state index contributed by atoms with van der Waals surface area (Å²) in [6.07, 6.45) is 1.25. The van der Waals surface area contributed by atoms with E-state index in [4.69, 9.17) is 0 Å². The molecule has 2 rings (SSSR count). The molecule has 0 aromatic heterocycles. The third kappa shape index (κ3) is 4.28. The van der Waals surface area contributed by atoms with Crippen LogP contribution in [0.15, 0.2) is 24.3 Å². The van der Waals surface area contributed by atoms with Crippen LogP contribution in [0.3, 0.4) is 0 Å². The minimum atomic E-state index is -3.08. The quantitative estimate of drug-likeness (QED) is 0.807. The summed E-state index contributed by atoms with van der Waals surface area (Å²) in [6, 6.07) is 7.59. The van der Waals surface area contributed by atoms with E-state index in [-0.39, 0.29) is 5.91 Å². The molecule has 0 radical (unpaired) electrons. The molecule has 7 heteroatoms. The minimum absolute atomic E-state index is 0.00619. The molecule has 1 aromatic rings. The molecule has 6 nitrogen and oxygen atoms in total. The fourth-order valence-electron chi connectivity index (χ4n) is 2.49. The van der Waals surface area contributed by atoms with Gasteiger partial charge in [-0.05, 0) is 17.7 Å². The Bertz CT molecular complexity index is 618. The van der Waals surface area contributed by atoms with Crippen molar-refractivity contribution in [3.05, 3.63) is 35.4 Å². The van der Waals surface area contributed by atoms with Gasteiger partial charge in [-0.1, -0.05) is 12.1 Å². The molecular formula is C15H23N3O3S. The summed E-state index contributed by atoms with van der Waals surface area (Å²) < 4.78 is 24.5. The third-order valence-electron chi connectivity index (χ3n) is 3.81. The van der Waals surface area contributed by atoms with Crippen LogP contribution in [0.1, 0.15) is 15.9 Å². The van der Waals surface area contributed by atoms with E-state index in [9.17, 15) is 13.2 Å². The normalized spacial score (nSPS) is 17.4. The summed E-state index contributed by atoms with van der Waals surface area (Å²) in [5.74, 6) is -0.00619. The third-order valence-corrected chi connectivity index (χ3v) is 5.12. The van der Waals surface area contributed by atoms with Gasteiger partial charge in [-0.2, -0.15) is 4.31 Å². The predicted octanol–water partition coefficient (Wildman–Crippen LogP) is 0.466. The lowest BCUT2D eigenvalue weighted by Crippen LogP contribution is -2.47. The van der Waals surface area contributed by atoms with Gasteiger partial charge in [-0.25, -0.2) is 8.42 Å². The zero-order chi connectivity index (χ0) is 16.3. The van der Waals surface area contributed by atoms with Gasteiger partial charge in [-0.3, -0.25) is 9.69 Å². The monoisotopic (exact) mass is 325 g/mol. The summed E-state index contributed by atoms with van der Waals surface area (Å²) in [5.41, 5.74) is 1.80. The van der Waals surface area contributed by atoms with Crippen molar-refractivity contribution >= 4 is 15.9 Å². The highest BCUT2D eigenvalue weighted by molar-refractivity contribution is 7.88. The number of piperazine rings is 1. The van der Waals surface area contributed by atoms with Gasteiger partial charge in [0.25, 0.3) is 5.91 Å². The van der Waals surface area contributed by atoms with E-state index < -0.39 is 10.0 Å². The second kappa shape index (κ2) is 6.76. The van der Waals surface area contributed by atoms with Gasteiger partial charge in [0.1, 0.15) is 0 Å². The van der Waals surface area contributed by atoms with Gasteiger partial charge < -0.3 is 4.90 Å². The van der Waals surface area contributed by atoms with Gasteiger partial charge >= 0.3 is 0 Å². The van der Waals surface area contributed by atoms with Crippen molar-refractivity contribution in [1.29, 1.82) is 0 Å². The molecule has 1 saturated heterocycles. The molecular weight excluding hydrogens is 302 g/mol. The maximum Gasteiger partial charge on any atom is 0.253 e. The van der Waals surface area contributed by atoms with Crippen LogP contribution >= 0.6 is 0 Å². The standard InChI is InChI=1S/C15H23N3O3S/c1-16(2)15(19)14-6-4-13(5-7-14)12-17-8-10-18(11-9-17)22(3,20)21/h4-7H,8-12H2,1-3H3. The summed E-state index contributed by atoms with van der Waals surface area (Å²) in [7, 11) is 0.386. The number of rotatable bonds is 4. The smallest absolute Gasteiger partial charge is 0.253 e. The molecule has 0 spiro atoms. The number of carbonyl (C=O) groups excluding carboxylic acids is 1. The zero-order valence-corrected chi connectivity index (χ0v) is 14.1. The largest absolute Gasteiger partial charge is 0.345 e. The van der Waals surface area contributed by atoms with Crippen LogP contribution in [-0.4, -0.2) is 75.0 Å². The molecule has 1 aliphatic rings. The molecule has 1 heterocycles. The lowest BCUT2D eigenvalue weighted by atomic mass is 10.1. The van der Waals surface area contributed by atoms with Crippen LogP contribution in [0, 0.1) is 0 Å². The van der Waals surface area contributed by atoms with Crippen LogP contribution in [-0.2, 0) is 16.6 Å². The summed E-state index contributed by atoms with van der Waals surface area (Å²) >= 11 is 0. The van der Waals surface area contributed by atoms with Gasteiger partial charge in [0.2, 0.25) is 10.0 Å². The van der Waals surface area contributed by atoms with E-state index in [0.29, 0.717) is 18.7 Å². The number of carbonyl (C=O) groups is 1. The predicted molar refractivity (Wildman–Crippen MR) is 86.2 cm³/mol. The van der Waals surface area contributed by atoms with Gasteiger partial charge in [-0.15, -0.1) is 0 Å². The highest BCUT2D eigenvalue weighted by Gasteiger charge is 2.23. The van der Waals surface area contributed by atoms with Crippen molar-refractivity contribution in [2.75, 3.05) is 46.5 Å². The van der Waals surface area contributed by atoms with Crippen LogP contribution in [0.2, 0.25) is 0 Å². The van der Waals surface area contributed by atoms with Crippen molar-refractivity contribution in [2.24, 2.45) is 0 Å². The van der Waals surface area contributed by atoms with E-state index in [1.807, 2.05) is 24.3 Å². The topological polar surface area (TPSA) is 60.9 Å². The first-order chi connectivity index (χ1) is 10.3. The number of hydrogen-bond donors (Lipinski definition) is 0. The molecule has 0 aliphatic carbocycles. The second-order valence-electron chi connectivity index (χ2n) is 5.83. The molecule has 22 heavy (non-hydrogen) atoms. The van der Waals surface area contributed by atoms with E-state index >= 15 is 0 Å². The van der Waals surface area contributed by atoms with E-state index in [2.05, 4.69) is 4.90 Å². The minimum Gasteiger partial charge on any atom is -0.345 e. The van der Waals surface area contributed by atoms with E-state index in [1.165, 1.54) is 10.6 Å². The molecule has 122 valence electrons. The van der Waals surface area contributed by atoms with Crippen LogP contribution < -0.4 is 0 Å². The first-order valence-corrected chi connectivity index (χ1v) is 9.10. The highest BCUT2D eigenvalue weighted by atomic mass is 32.2. The van der Waals surface area contributed by atoms with E-state index in [0.717, 1.165) is 25.2 Å². The number of benzene rings is 1. The zero-order valence-electron chi connectivity index (χ0n) is 13.3. The molecule has 1 fully saturated rings. The summed E-state index contributed by atoms with van der Waals surface area (Å²) in [5, 5.41) is 0. The van der Waals surface area contributed by atoms with Gasteiger partial charge in [0.05, 0.1) is 6.26 Å². The second-order valence-corrected chi connectivity index (χ2v) is 7.82. The Hall–Kier alpha value is -1.44.